The van der Waals surface area contributed by atoms with Crippen molar-refractivity contribution in [2.24, 2.45) is 0 Å². The van der Waals surface area contributed by atoms with Crippen molar-refractivity contribution < 1.29 is 13.9 Å². The van der Waals surface area contributed by atoms with Crippen molar-refractivity contribution in [2.45, 2.75) is 19.4 Å². The van der Waals surface area contributed by atoms with E-state index in [-0.39, 0.29) is 18.3 Å². The lowest BCUT2D eigenvalue weighted by Crippen LogP contribution is -2.35. The number of ether oxygens (including phenoxy) is 1. The minimum atomic E-state index is -0.135. The lowest BCUT2D eigenvalue weighted by atomic mass is 9.99. The van der Waals surface area contributed by atoms with E-state index in [9.17, 15) is 4.79 Å². The van der Waals surface area contributed by atoms with Gasteiger partial charge >= 0.3 is 0 Å². The van der Waals surface area contributed by atoms with E-state index in [1.54, 1.807) is 24.1 Å². The van der Waals surface area contributed by atoms with Gasteiger partial charge in [0.1, 0.15) is 12.4 Å². The summed E-state index contributed by atoms with van der Waals surface area (Å²) in [6, 6.07) is 9.13. The van der Waals surface area contributed by atoms with Crippen LogP contribution in [0, 0.1) is 0 Å². The van der Waals surface area contributed by atoms with Gasteiger partial charge in [-0.15, -0.1) is 12.4 Å². The van der Waals surface area contributed by atoms with Gasteiger partial charge in [0.2, 0.25) is 0 Å². The number of hydrogen-bond donors (Lipinski definition) is 1. The number of amides is 1. The fourth-order valence-corrected chi connectivity index (χ4v) is 2.71. The van der Waals surface area contributed by atoms with Gasteiger partial charge in [0.05, 0.1) is 0 Å². The standard InChI is InChI=1S/C16H18N2O3.ClH/c1-20-10-11-7-8-15(21-11)16(19)18-9-3-4-12-13(17)5-2-6-14(12)18;/h2,5-8H,3-4,9-10,17H2,1H3;1H. The van der Waals surface area contributed by atoms with Crippen LogP contribution in [0.4, 0.5) is 11.4 Å². The molecule has 3 rings (SSSR count). The first-order chi connectivity index (χ1) is 10.2. The first-order valence-corrected chi connectivity index (χ1v) is 6.97. The van der Waals surface area contributed by atoms with Crippen LogP contribution < -0.4 is 10.6 Å². The SMILES string of the molecule is COCc1ccc(C(=O)N2CCCc3c(N)cccc32)o1.Cl. The molecule has 2 aromatic rings. The molecule has 1 aliphatic heterocycles. The Labute approximate surface area is 135 Å². The lowest BCUT2D eigenvalue weighted by Gasteiger charge is -2.29. The molecule has 1 aliphatic rings. The van der Waals surface area contributed by atoms with E-state index in [1.807, 2.05) is 18.2 Å². The predicted octanol–water partition coefficient (Wildman–Crippen LogP) is 3.02. The Hall–Kier alpha value is -1.98. The van der Waals surface area contributed by atoms with Gasteiger partial charge in [0.15, 0.2) is 5.76 Å². The first-order valence-electron chi connectivity index (χ1n) is 6.97. The Balaban J connectivity index is 0.00000176. The van der Waals surface area contributed by atoms with Gasteiger partial charge in [-0.3, -0.25) is 4.79 Å². The molecule has 0 spiro atoms. The maximum atomic E-state index is 12.6. The molecule has 6 heteroatoms. The number of fused-ring (bicyclic) bond motifs is 1. The van der Waals surface area contributed by atoms with E-state index < -0.39 is 0 Å². The Kier molecular flexibility index (Phi) is 5.11. The van der Waals surface area contributed by atoms with Gasteiger partial charge in [0, 0.05) is 25.0 Å². The normalized spacial score (nSPS) is 13.4. The van der Waals surface area contributed by atoms with Gasteiger partial charge in [-0.05, 0) is 42.7 Å². The number of halogens is 1. The van der Waals surface area contributed by atoms with Gasteiger partial charge in [-0.2, -0.15) is 0 Å². The highest BCUT2D eigenvalue weighted by molar-refractivity contribution is 6.05. The molecule has 2 heterocycles. The van der Waals surface area contributed by atoms with E-state index in [0.29, 0.717) is 24.7 Å². The maximum absolute atomic E-state index is 12.6. The van der Waals surface area contributed by atoms with Gasteiger partial charge in [0.25, 0.3) is 5.91 Å². The van der Waals surface area contributed by atoms with Crippen molar-refractivity contribution in [2.75, 3.05) is 24.3 Å². The molecule has 0 radical (unpaired) electrons. The van der Waals surface area contributed by atoms with Crippen LogP contribution in [0.5, 0.6) is 0 Å². The smallest absolute Gasteiger partial charge is 0.293 e. The summed E-state index contributed by atoms with van der Waals surface area (Å²) >= 11 is 0. The third-order valence-corrected chi connectivity index (χ3v) is 3.69. The summed E-state index contributed by atoms with van der Waals surface area (Å²) in [5.41, 5.74) is 8.68. The molecular weight excluding hydrogens is 304 g/mol. The Bertz CT molecular complexity index is 669. The average molecular weight is 323 g/mol. The fourth-order valence-electron chi connectivity index (χ4n) is 2.71. The number of nitrogens with two attached hydrogens (primary N) is 1. The zero-order valence-electron chi connectivity index (χ0n) is 12.4. The molecule has 1 amide bonds. The van der Waals surface area contributed by atoms with Crippen LogP contribution in [-0.4, -0.2) is 19.6 Å². The summed E-state index contributed by atoms with van der Waals surface area (Å²) in [4.78, 5) is 14.4. The Morgan fingerprint density at radius 3 is 2.95 bits per heavy atom. The number of anilines is 2. The molecule has 0 saturated heterocycles. The van der Waals surface area contributed by atoms with Crippen molar-refractivity contribution in [3.63, 3.8) is 0 Å². The molecule has 1 aromatic carbocycles. The number of rotatable bonds is 3. The summed E-state index contributed by atoms with van der Waals surface area (Å²) in [5.74, 6) is 0.840. The molecule has 0 fully saturated rings. The molecule has 0 atom stereocenters. The molecular formula is C16H19ClN2O3. The number of nitrogen functional groups attached to an aromatic ring is 1. The minimum absolute atomic E-state index is 0. The number of nitrogens with zero attached hydrogens (tertiary/aromatic N) is 1. The van der Waals surface area contributed by atoms with E-state index in [2.05, 4.69) is 0 Å². The molecule has 0 unspecified atom stereocenters. The predicted molar refractivity (Wildman–Crippen MR) is 87.5 cm³/mol. The third-order valence-electron chi connectivity index (χ3n) is 3.69. The number of carbonyl (C=O) groups excluding carboxylic acids is 1. The molecule has 118 valence electrons. The average Bonchev–Trinajstić information content (AvgIpc) is 2.96. The highest BCUT2D eigenvalue weighted by Gasteiger charge is 2.26. The van der Waals surface area contributed by atoms with Crippen LogP contribution in [0.25, 0.3) is 0 Å². The van der Waals surface area contributed by atoms with Gasteiger partial charge in [-0.1, -0.05) is 6.07 Å². The van der Waals surface area contributed by atoms with Gasteiger partial charge < -0.3 is 19.8 Å². The molecule has 2 N–H and O–H groups in total. The number of methoxy groups -OCH3 is 1. The van der Waals surface area contributed by atoms with Crippen molar-refractivity contribution in [1.29, 1.82) is 0 Å². The third kappa shape index (κ3) is 2.96. The van der Waals surface area contributed by atoms with Crippen LogP contribution in [0.2, 0.25) is 0 Å². The van der Waals surface area contributed by atoms with Crippen LogP contribution in [-0.2, 0) is 17.8 Å². The monoisotopic (exact) mass is 322 g/mol. The number of hydrogen-bond acceptors (Lipinski definition) is 4. The second-order valence-corrected chi connectivity index (χ2v) is 5.10. The summed E-state index contributed by atoms with van der Waals surface area (Å²) in [6.07, 6.45) is 1.80. The zero-order valence-corrected chi connectivity index (χ0v) is 13.2. The molecule has 0 saturated carbocycles. The van der Waals surface area contributed by atoms with Crippen molar-refractivity contribution in [1.82, 2.24) is 0 Å². The summed E-state index contributed by atoms with van der Waals surface area (Å²) < 4.78 is 10.5. The lowest BCUT2D eigenvalue weighted by molar-refractivity contribution is 0.0949. The van der Waals surface area contributed by atoms with Crippen LogP contribution >= 0.6 is 12.4 Å². The summed E-state index contributed by atoms with van der Waals surface area (Å²) in [7, 11) is 1.59. The topological polar surface area (TPSA) is 68.7 Å². The number of furan rings is 1. The fraction of sp³-hybridized carbons (Fsp3) is 0.312. The van der Waals surface area contributed by atoms with Crippen LogP contribution in [0.3, 0.4) is 0 Å². The van der Waals surface area contributed by atoms with Crippen LogP contribution in [0.1, 0.15) is 28.3 Å². The van der Waals surface area contributed by atoms with E-state index in [4.69, 9.17) is 14.9 Å². The number of carbonyl (C=O) groups is 1. The minimum Gasteiger partial charge on any atom is -0.453 e. The second-order valence-electron chi connectivity index (χ2n) is 5.10. The second kappa shape index (κ2) is 6.85. The molecule has 0 bridgehead atoms. The largest absolute Gasteiger partial charge is 0.453 e. The van der Waals surface area contributed by atoms with Crippen molar-refractivity contribution in [3.05, 3.63) is 47.4 Å². The molecule has 22 heavy (non-hydrogen) atoms. The molecule has 5 nitrogen and oxygen atoms in total. The van der Waals surface area contributed by atoms with Crippen molar-refractivity contribution >= 4 is 29.7 Å². The Morgan fingerprint density at radius 2 is 2.18 bits per heavy atom. The van der Waals surface area contributed by atoms with E-state index >= 15 is 0 Å². The van der Waals surface area contributed by atoms with E-state index in [1.165, 1.54) is 0 Å². The quantitative estimate of drug-likeness (QED) is 0.882. The highest BCUT2D eigenvalue weighted by Crippen LogP contribution is 2.32. The summed E-state index contributed by atoms with van der Waals surface area (Å²) in [5, 5.41) is 0. The Morgan fingerprint density at radius 1 is 1.36 bits per heavy atom. The highest BCUT2D eigenvalue weighted by atomic mass is 35.5. The summed E-state index contributed by atoms with van der Waals surface area (Å²) in [6.45, 7) is 1.03. The number of benzene rings is 1. The molecule has 0 aliphatic carbocycles. The van der Waals surface area contributed by atoms with Gasteiger partial charge in [-0.25, -0.2) is 0 Å². The first kappa shape index (κ1) is 16.4. The van der Waals surface area contributed by atoms with Crippen LogP contribution in [0.15, 0.2) is 34.7 Å². The zero-order chi connectivity index (χ0) is 14.8. The van der Waals surface area contributed by atoms with E-state index in [0.717, 1.165) is 29.8 Å². The van der Waals surface area contributed by atoms with Crippen molar-refractivity contribution in [3.8, 4) is 0 Å². The molecule has 1 aromatic heterocycles. The maximum Gasteiger partial charge on any atom is 0.293 e.